The van der Waals surface area contributed by atoms with E-state index in [1.54, 1.807) is 0 Å². The van der Waals surface area contributed by atoms with E-state index in [-0.39, 0.29) is 0 Å². The highest BCUT2D eigenvalue weighted by Gasteiger charge is 2.23. The number of rotatable bonds is 6. The molecule has 8 rings (SSSR count). The van der Waals surface area contributed by atoms with E-state index in [0.29, 0.717) is 0 Å². The van der Waals surface area contributed by atoms with Gasteiger partial charge in [-0.1, -0.05) is 91.5 Å². The van der Waals surface area contributed by atoms with Gasteiger partial charge in [-0.3, -0.25) is 0 Å². The number of benzene rings is 8. The van der Waals surface area contributed by atoms with Crippen LogP contribution in [-0.4, -0.2) is 0 Å². The van der Waals surface area contributed by atoms with Crippen LogP contribution in [0.15, 0.2) is 142 Å². The minimum Gasteiger partial charge on any atom is -0.310 e. The first-order valence-corrected chi connectivity index (χ1v) is 17.8. The molecule has 0 heterocycles. The van der Waals surface area contributed by atoms with Gasteiger partial charge in [0.15, 0.2) is 0 Å². The molecule has 0 amide bonds. The van der Waals surface area contributed by atoms with Crippen LogP contribution in [0.3, 0.4) is 0 Å². The van der Waals surface area contributed by atoms with Crippen molar-refractivity contribution >= 4 is 98.3 Å². The SMILES string of the molecule is Cc1ccc(N(c2ccc(Br)cc2)c2cc(C)c3ccc4c(N(c5ccc(C)cc5)c5ccc(Br)cc5)cc(C)c5ccc2c3c54)cc1. The molecule has 0 unspecified atom stereocenters. The number of anilines is 6. The van der Waals surface area contributed by atoms with Crippen molar-refractivity contribution in [3.8, 4) is 0 Å². The summed E-state index contributed by atoms with van der Waals surface area (Å²) in [7, 11) is 0. The Labute approximate surface area is 298 Å². The van der Waals surface area contributed by atoms with Crippen molar-refractivity contribution < 1.29 is 0 Å². The maximum Gasteiger partial charge on any atom is 0.0543 e. The number of hydrogen-bond donors (Lipinski definition) is 0. The lowest BCUT2D eigenvalue weighted by molar-refractivity contribution is 1.28. The second-order valence-corrected chi connectivity index (χ2v) is 14.6. The molecule has 0 N–H and O–H groups in total. The van der Waals surface area contributed by atoms with Crippen LogP contribution in [0, 0.1) is 27.7 Å². The first-order chi connectivity index (χ1) is 23.3. The van der Waals surface area contributed by atoms with E-state index in [9.17, 15) is 0 Å². The van der Waals surface area contributed by atoms with E-state index in [4.69, 9.17) is 0 Å². The molecule has 0 bridgehead atoms. The number of hydrogen-bond acceptors (Lipinski definition) is 2. The Hall–Kier alpha value is -4.64. The molecule has 0 spiro atoms. The van der Waals surface area contributed by atoms with Crippen LogP contribution in [-0.2, 0) is 0 Å². The largest absolute Gasteiger partial charge is 0.310 e. The van der Waals surface area contributed by atoms with Crippen LogP contribution in [0.4, 0.5) is 34.1 Å². The zero-order valence-corrected chi connectivity index (χ0v) is 30.5. The van der Waals surface area contributed by atoms with Crippen molar-refractivity contribution in [2.75, 3.05) is 9.80 Å². The van der Waals surface area contributed by atoms with Crippen molar-refractivity contribution in [1.82, 2.24) is 0 Å². The van der Waals surface area contributed by atoms with E-state index >= 15 is 0 Å². The maximum atomic E-state index is 3.65. The van der Waals surface area contributed by atoms with Crippen LogP contribution in [0.2, 0.25) is 0 Å². The molecule has 8 aromatic rings. The van der Waals surface area contributed by atoms with Gasteiger partial charge < -0.3 is 9.80 Å². The molecule has 48 heavy (non-hydrogen) atoms. The number of aryl methyl sites for hydroxylation is 4. The zero-order chi connectivity index (χ0) is 33.1. The fourth-order valence-electron chi connectivity index (χ4n) is 7.09. The van der Waals surface area contributed by atoms with Gasteiger partial charge in [0.05, 0.1) is 11.4 Å². The smallest absolute Gasteiger partial charge is 0.0543 e. The van der Waals surface area contributed by atoms with Crippen LogP contribution >= 0.6 is 31.9 Å². The highest BCUT2D eigenvalue weighted by atomic mass is 79.9. The maximum absolute atomic E-state index is 3.65. The van der Waals surface area contributed by atoms with Crippen LogP contribution in [0.25, 0.3) is 32.3 Å². The highest BCUT2D eigenvalue weighted by molar-refractivity contribution is 9.10. The van der Waals surface area contributed by atoms with Gasteiger partial charge in [0.2, 0.25) is 0 Å². The summed E-state index contributed by atoms with van der Waals surface area (Å²) in [5.41, 5.74) is 11.9. The summed E-state index contributed by atoms with van der Waals surface area (Å²) in [5.74, 6) is 0. The fraction of sp³-hybridized carbons (Fsp3) is 0.0909. The minimum absolute atomic E-state index is 1.06. The second-order valence-electron chi connectivity index (χ2n) is 12.8. The molecule has 0 saturated heterocycles. The Morgan fingerprint density at radius 2 is 0.646 bits per heavy atom. The minimum atomic E-state index is 1.06. The van der Waals surface area contributed by atoms with Crippen LogP contribution in [0.5, 0.6) is 0 Å². The summed E-state index contributed by atoms with van der Waals surface area (Å²) in [6.45, 7) is 8.78. The average Bonchev–Trinajstić information content (AvgIpc) is 3.09. The average molecular weight is 751 g/mol. The molecule has 0 fully saturated rings. The third-order valence-corrected chi connectivity index (χ3v) is 10.6. The van der Waals surface area contributed by atoms with Crippen molar-refractivity contribution in [2.45, 2.75) is 27.7 Å². The molecule has 8 aromatic carbocycles. The van der Waals surface area contributed by atoms with Gasteiger partial charge in [-0.15, -0.1) is 0 Å². The van der Waals surface area contributed by atoms with Gasteiger partial charge in [-0.25, -0.2) is 0 Å². The monoisotopic (exact) mass is 748 g/mol. The molecule has 2 nitrogen and oxygen atoms in total. The van der Waals surface area contributed by atoms with E-state index in [2.05, 4.69) is 203 Å². The van der Waals surface area contributed by atoms with Gasteiger partial charge in [0.25, 0.3) is 0 Å². The summed E-state index contributed by atoms with van der Waals surface area (Å²) >= 11 is 7.31. The molecule has 0 atom stereocenters. The molecule has 0 aliphatic rings. The van der Waals surface area contributed by atoms with E-state index < -0.39 is 0 Å². The molecular formula is C44H34Br2N2. The molecule has 0 aliphatic carbocycles. The molecule has 0 aliphatic heterocycles. The topological polar surface area (TPSA) is 6.48 Å². The van der Waals surface area contributed by atoms with Gasteiger partial charge in [0, 0.05) is 42.5 Å². The predicted octanol–water partition coefficient (Wildman–Crippen LogP) is 14.3. The standard InChI is InChI=1S/C44H34Br2N2/c1-27-5-13-33(14-6-27)47(35-17-9-31(45)10-18-35)41-25-29(3)37-22-24-40-42(26-30(4)38-21-23-39(41)43(37)44(38)40)48(34-15-7-28(2)8-16-34)36-19-11-32(46)12-20-36/h5-26H,1-4H3. The highest BCUT2D eigenvalue weighted by Crippen LogP contribution is 2.49. The summed E-state index contributed by atoms with van der Waals surface area (Å²) in [6.07, 6.45) is 0. The third-order valence-electron chi connectivity index (χ3n) is 9.50. The third kappa shape index (κ3) is 5.24. The lowest BCUT2D eigenvalue weighted by Crippen LogP contribution is -2.12. The molecule has 4 heteroatoms. The summed E-state index contributed by atoms with van der Waals surface area (Å²) in [6, 6.07) is 49.0. The van der Waals surface area contributed by atoms with Gasteiger partial charge in [0.1, 0.15) is 0 Å². The van der Waals surface area contributed by atoms with E-state index in [1.807, 2.05) is 0 Å². The first kappa shape index (κ1) is 30.7. The Morgan fingerprint density at radius 3 is 0.979 bits per heavy atom. The van der Waals surface area contributed by atoms with Crippen LogP contribution < -0.4 is 9.80 Å². The normalized spacial score (nSPS) is 11.5. The molecule has 0 radical (unpaired) electrons. The summed E-state index contributed by atoms with van der Waals surface area (Å²) in [5, 5.41) is 7.65. The Morgan fingerprint density at radius 1 is 0.354 bits per heavy atom. The van der Waals surface area contributed by atoms with Crippen molar-refractivity contribution in [3.05, 3.63) is 165 Å². The number of nitrogens with zero attached hydrogens (tertiary/aromatic N) is 2. The van der Waals surface area contributed by atoms with Gasteiger partial charge in [-0.05, 0) is 145 Å². The second kappa shape index (κ2) is 12.1. The first-order valence-electron chi connectivity index (χ1n) is 16.2. The lowest BCUT2D eigenvalue weighted by Gasteiger charge is -2.30. The zero-order valence-electron chi connectivity index (χ0n) is 27.4. The Balaban J connectivity index is 1.45. The van der Waals surface area contributed by atoms with Gasteiger partial charge in [-0.2, -0.15) is 0 Å². The molecular weight excluding hydrogens is 716 g/mol. The quantitative estimate of drug-likeness (QED) is 0.156. The van der Waals surface area contributed by atoms with E-state index in [0.717, 1.165) is 31.7 Å². The van der Waals surface area contributed by atoms with Crippen molar-refractivity contribution in [1.29, 1.82) is 0 Å². The summed E-state index contributed by atoms with van der Waals surface area (Å²) in [4.78, 5) is 4.80. The van der Waals surface area contributed by atoms with Crippen molar-refractivity contribution in [2.24, 2.45) is 0 Å². The Kier molecular flexibility index (Phi) is 7.74. The van der Waals surface area contributed by atoms with Gasteiger partial charge >= 0.3 is 0 Å². The molecule has 234 valence electrons. The van der Waals surface area contributed by atoms with E-state index in [1.165, 1.54) is 65.9 Å². The Bertz CT molecular complexity index is 2160. The summed E-state index contributed by atoms with van der Waals surface area (Å²) < 4.78 is 2.13. The van der Waals surface area contributed by atoms with Crippen molar-refractivity contribution in [3.63, 3.8) is 0 Å². The lowest BCUT2D eigenvalue weighted by atomic mass is 9.88. The number of halogens is 2. The fourth-order valence-corrected chi connectivity index (χ4v) is 7.62. The predicted molar refractivity (Wildman–Crippen MR) is 214 cm³/mol. The molecule has 0 aromatic heterocycles. The molecule has 0 saturated carbocycles. The van der Waals surface area contributed by atoms with Crippen LogP contribution in [0.1, 0.15) is 22.3 Å².